The molecule has 5 nitrogen and oxygen atoms in total. The highest BCUT2D eigenvalue weighted by atomic mass is 16.5. The summed E-state index contributed by atoms with van der Waals surface area (Å²) in [6, 6.07) is 14.4. The molecule has 2 aromatic carbocycles. The Morgan fingerprint density at radius 2 is 2.19 bits per heavy atom. The molecule has 1 heterocycles. The summed E-state index contributed by atoms with van der Waals surface area (Å²) in [5, 5.41) is 3.16. The van der Waals surface area contributed by atoms with Crippen LogP contribution in [-0.4, -0.2) is 25.8 Å². The van der Waals surface area contributed by atoms with Crippen LogP contribution in [0.2, 0.25) is 0 Å². The molecule has 1 aliphatic rings. The van der Waals surface area contributed by atoms with Crippen LogP contribution in [-0.2, 0) is 17.7 Å². The van der Waals surface area contributed by atoms with Gasteiger partial charge in [0, 0.05) is 23.8 Å². The number of nitrogens with one attached hydrogen (secondary N) is 1. The average molecular weight is 367 g/mol. The van der Waals surface area contributed by atoms with E-state index in [1.54, 1.807) is 0 Å². The van der Waals surface area contributed by atoms with Crippen LogP contribution in [0.25, 0.3) is 0 Å². The number of hydrogen-bond donors (Lipinski definition) is 2. The van der Waals surface area contributed by atoms with E-state index in [1.165, 1.54) is 11.1 Å². The number of nitrogens with zero attached hydrogens (tertiary/aromatic N) is 1. The number of anilines is 1. The first-order chi connectivity index (χ1) is 13.1. The van der Waals surface area contributed by atoms with E-state index in [1.807, 2.05) is 12.1 Å². The Hall–Kier alpha value is -2.53. The van der Waals surface area contributed by atoms with Crippen molar-refractivity contribution >= 4 is 11.6 Å². The summed E-state index contributed by atoms with van der Waals surface area (Å²) in [7, 11) is 0. The van der Waals surface area contributed by atoms with Gasteiger partial charge in [0.15, 0.2) is 5.96 Å². The third-order valence-corrected chi connectivity index (χ3v) is 4.75. The highest BCUT2D eigenvalue weighted by molar-refractivity contribution is 5.92. The molecule has 1 unspecified atom stereocenters. The SMILES string of the molecule is CCc1cccc(NC(N)=NCc2ccc(C)cc2OCC2CCOC2)c1. The van der Waals surface area contributed by atoms with E-state index in [9.17, 15) is 0 Å². The van der Waals surface area contributed by atoms with Crippen molar-refractivity contribution in [1.82, 2.24) is 0 Å². The molecule has 1 atom stereocenters. The lowest BCUT2D eigenvalue weighted by molar-refractivity contribution is 0.166. The first-order valence-electron chi connectivity index (χ1n) is 9.60. The van der Waals surface area contributed by atoms with Crippen molar-refractivity contribution < 1.29 is 9.47 Å². The molecule has 0 amide bonds. The van der Waals surface area contributed by atoms with Crippen LogP contribution >= 0.6 is 0 Å². The van der Waals surface area contributed by atoms with Crippen LogP contribution in [0.15, 0.2) is 47.5 Å². The summed E-state index contributed by atoms with van der Waals surface area (Å²) in [6.45, 7) is 6.97. The molecule has 0 aromatic heterocycles. The fourth-order valence-corrected chi connectivity index (χ4v) is 3.08. The molecule has 0 radical (unpaired) electrons. The van der Waals surface area contributed by atoms with Crippen LogP contribution < -0.4 is 15.8 Å². The zero-order valence-corrected chi connectivity index (χ0v) is 16.2. The normalized spacial score (nSPS) is 17.1. The molecule has 144 valence electrons. The number of aryl methyl sites for hydroxylation is 2. The third kappa shape index (κ3) is 5.73. The van der Waals surface area contributed by atoms with Gasteiger partial charge < -0.3 is 20.5 Å². The second-order valence-corrected chi connectivity index (χ2v) is 7.03. The van der Waals surface area contributed by atoms with Crippen molar-refractivity contribution in [3.05, 3.63) is 59.2 Å². The smallest absolute Gasteiger partial charge is 0.193 e. The van der Waals surface area contributed by atoms with Gasteiger partial charge in [0.2, 0.25) is 0 Å². The predicted molar refractivity (Wildman–Crippen MR) is 110 cm³/mol. The van der Waals surface area contributed by atoms with Crippen molar-refractivity contribution in [3.8, 4) is 5.75 Å². The molecule has 1 aliphatic heterocycles. The lowest BCUT2D eigenvalue weighted by Crippen LogP contribution is -2.22. The monoisotopic (exact) mass is 367 g/mol. The molecule has 0 saturated carbocycles. The molecule has 3 N–H and O–H groups in total. The van der Waals surface area contributed by atoms with E-state index in [2.05, 4.69) is 54.5 Å². The Bertz CT molecular complexity index is 783. The van der Waals surface area contributed by atoms with Gasteiger partial charge in [0.25, 0.3) is 0 Å². The van der Waals surface area contributed by atoms with Crippen molar-refractivity contribution in [2.45, 2.75) is 33.2 Å². The van der Waals surface area contributed by atoms with E-state index < -0.39 is 0 Å². The van der Waals surface area contributed by atoms with Crippen LogP contribution in [0.4, 0.5) is 5.69 Å². The van der Waals surface area contributed by atoms with Crippen molar-refractivity contribution in [2.75, 3.05) is 25.1 Å². The Labute approximate surface area is 161 Å². The van der Waals surface area contributed by atoms with Gasteiger partial charge in [-0.15, -0.1) is 0 Å². The van der Waals surface area contributed by atoms with Gasteiger partial charge in [-0.1, -0.05) is 31.2 Å². The van der Waals surface area contributed by atoms with E-state index in [-0.39, 0.29) is 0 Å². The summed E-state index contributed by atoms with van der Waals surface area (Å²) in [4.78, 5) is 4.49. The number of ether oxygens (including phenoxy) is 2. The minimum Gasteiger partial charge on any atom is -0.493 e. The average Bonchev–Trinajstić information content (AvgIpc) is 3.19. The first-order valence-corrected chi connectivity index (χ1v) is 9.60. The van der Waals surface area contributed by atoms with Gasteiger partial charge >= 0.3 is 0 Å². The highest BCUT2D eigenvalue weighted by Gasteiger charge is 2.17. The Morgan fingerprint density at radius 1 is 1.30 bits per heavy atom. The third-order valence-electron chi connectivity index (χ3n) is 4.75. The molecule has 1 fully saturated rings. The maximum Gasteiger partial charge on any atom is 0.193 e. The van der Waals surface area contributed by atoms with Crippen molar-refractivity contribution in [3.63, 3.8) is 0 Å². The predicted octanol–water partition coefficient (Wildman–Crippen LogP) is 3.90. The molecule has 2 aromatic rings. The van der Waals surface area contributed by atoms with Crippen LogP contribution in [0.1, 0.15) is 30.0 Å². The number of guanidine groups is 1. The van der Waals surface area contributed by atoms with E-state index >= 15 is 0 Å². The Balaban J connectivity index is 1.63. The highest BCUT2D eigenvalue weighted by Crippen LogP contribution is 2.23. The van der Waals surface area contributed by atoms with E-state index in [0.29, 0.717) is 25.0 Å². The summed E-state index contributed by atoms with van der Waals surface area (Å²) >= 11 is 0. The van der Waals surface area contributed by atoms with Gasteiger partial charge in [0.1, 0.15) is 5.75 Å². The van der Waals surface area contributed by atoms with Gasteiger partial charge in [-0.2, -0.15) is 0 Å². The number of aliphatic imine (C=N–C) groups is 1. The second-order valence-electron chi connectivity index (χ2n) is 7.03. The largest absolute Gasteiger partial charge is 0.493 e. The number of benzene rings is 2. The molecule has 0 spiro atoms. The topological polar surface area (TPSA) is 68.9 Å². The van der Waals surface area contributed by atoms with Crippen molar-refractivity contribution in [2.24, 2.45) is 16.6 Å². The van der Waals surface area contributed by atoms with Crippen LogP contribution in [0.5, 0.6) is 5.75 Å². The minimum atomic E-state index is 0.402. The molecular formula is C22H29N3O2. The zero-order valence-electron chi connectivity index (χ0n) is 16.2. The molecule has 1 saturated heterocycles. The molecule has 5 heteroatoms. The number of hydrogen-bond acceptors (Lipinski definition) is 3. The molecule has 0 bridgehead atoms. The minimum absolute atomic E-state index is 0.402. The van der Waals surface area contributed by atoms with Crippen LogP contribution in [0, 0.1) is 12.8 Å². The summed E-state index contributed by atoms with van der Waals surface area (Å²) < 4.78 is 11.5. The van der Waals surface area contributed by atoms with Gasteiger partial charge in [0.05, 0.1) is 19.8 Å². The summed E-state index contributed by atoms with van der Waals surface area (Å²) in [5.41, 5.74) is 10.5. The lowest BCUT2D eigenvalue weighted by atomic mass is 10.1. The molecule has 0 aliphatic carbocycles. The van der Waals surface area contributed by atoms with Gasteiger partial charge in [-0.3, -0.25) is 0 Å². The van der Waals surface area contributed by atoms with Crippen molar-refractivity contribution in [1.29, 1.82) is 0 Å². The quantitative estimate of drug-likeness (QED) is 0.575. The number of nitrogens with two attached hydrogens (primary N) is 1. The molecule has 27 heavy (non-hydrogen) atoms. The first kappa shape index (κ1) is 19.2. The van der Waals surface area contributed by atoms with E-state index in [4.69, 9.17) is 15.2 Å². The standard InChI is InChI=1S/C22H29N3O2/c1-3-17-5-4-6-20(12-17)25-22(23)24-13-19-8-7-16(2)11-21(19)27-15-18-9-10-26-14-18/h4-8,11-12,18H,3,9-10,13-15H2,1-2H3,(H3,23,24,25). The lowest BCUT2D eigenvalue weighted by Gasteiger charge is -2.14. The Morgan fingerprint density at radius 3 is 2.96 bits per heavy atom. The summed E-state index contributed by atoms with van der Waals surface area (Å²) in [6.07, 6.45) is 2.05. The maximum absolute atomic E-state index is 6.08. The fourth-order valence-electron chi connectivity index (χ4n) is 3.08. The molecule has 3 rings (SSSR count). The zero-order chi connectivity index (χ0) is 19.1. The number of rotatable bonds is 7. The fraction of sp³-hybridized carbons (Fsp3) is 0.409. The van der Waals surface area contributed by atoms with Gasteiger partial charge in [-0.05, 0) is 49.1 Å². The van der Waals surface area contributed by atoms with E-state index in [0.717, 1.165) is 43.1 Å². The Kier molecular flexibility index (Phi) is 6.71. The second kappa shape index (κ2) is 9.42. The maximum atomic E-state index is 6.08. The van der Waals surface area contributed by atoms with Gasteiger partial charge in [-0.25, -0.2) is 4.99 Å². The molecular weight excluding hydrogens is 338 g/mol. The van der Waals surface area contributed by atoms with Crippen LogP contribution in [0.3, 0.4) is 0 Å². The summed E-state index contributed by atoms with van der Waals surface area (Å²) in [5.74, 6) is 1.75.